The Balaban J connectivity index is 2.53. The molecule has 3 heteroatoms. The van der Waals surface area contributed by atoms with Crippen molar-refractivity contribution in [3.05, 3.63) is 35.4 Å². The Kier molecular flexibility index (Phi) is 5.12. The highest BCUT2D eigenvalue weighted by atomic mass is 32.1. The number of thiocarbonyl (C=S) groups is 1. The van der Waals surface area contributed by atoms with E-state index < -0.39 is 0 Å². The van der Waals surface area contributed by atoms with Gasteiger partial charge in [0.15, 0.2) is 5.11 Å². The molecule has 0 heterocycles. The van der Waals surface area contributed by atoms with Crippen molar-refractivity contribution in [3.63, 3.8) is 0 Å². The smallest absolute Gasteiger partial charge is 0.166 e. The van der Waals surface area contributed by atoms with Gasteiger partial charge in [-0.3, -0.25) is 0 Å². The Morgan fingerprint density at radius 3 is 2.40 bits per heavy atom. The second-order valence-electron chi connectivity index (χ2n) is 3.34. The van der Waals surface area contributed by atoms with E-state index in [-0.39, 0.29) is 0 Å². The fourth-order valence-corrected chi connectivity index (χ4v) is 1.69. The van der Waals surface area contributed by atoms with Crippen LogP contribution in [0.5, 0.6) is 0 Å². The maximum Gasteiger partial charge on any atom is 0.166 e. The van der Waals surface area contributed by atoms with Crippen LogP contribution in [0.25, 0.3) is 0 Å². The second-order valence-corrected chi connectivity index (χ2v) is 3.74. The molecule has 2 nitrogen and oxygen atoms in total. The molecular formula is C12H18N2S. The lowest BCUT2D eigenvalue weighted by atomic mass is 10.1. The normalized spacial score (nSPS) is 9.73. The van der Waals surface area contributed by atoms with Crippen molar-refractivity contribution >= 4 is 17.3 Å². The molecule has 1 rings (SSSR count). The van der Waals surface area contributed by atoms with Gasteiger partial charge in [0.1, 0.15) is 0 Å². The van der Waals surface area contributed by atoms with E-state index in [4.69, 9.17) is 12.2 Å². The van der Waals surface area contributed by atoms with Crippen LogP contribution in [0.4, 0.5) is 0 Å². The van der Waals surface area contributed by atoms with Crippen LogP contribution in [0, 0.1) is 0 Å². The second kappa shape index (κ2) is 6.40. The summed E-state index contributed by atoms with van der Waals surface area (Å²) < 4.78 is 0. The van der Waals surface area contributed by atoms with Gasteiger partial charge in [-0.25, -0.2) is 0 Å². The monoisotopic (exact) mass is 222 g/mol. The summed E-state index contributed by atoms with van der Waals surface area (Å²) in [6.45, 7) is 5.87. The summed E-state index contributed by atoms with van der Waals surface area (Å²) in [6, 6.07) is 8.44. The highest BCUT2D eigenvalue weighted by Gasteiger charge is 1.99. The molecule has 1 aromatic carbocycles. The van der Waals surface area contributed by atoms with Gasteiger partial charge in [0.05, 0.1) is 0 Å². The van der Waals surface area contributed by atoms with Crippen molar-refractivity contribution in [1.82, 2.24) is 10.6 Å². The quantitative estimate of drug-likeness (QED) is 0.764. The van der Waals surface area contributed by atoms with E-state index in [1.165, 1.54) is 11.1 Å². The average molecular weight is 222 g/mol. The fraction of sp³-hybridized carbons (Fsp3) is 0.417. The molecule has 0 bridgehead atoms. The Labute approximate surface area is 97.1 Å². The van der Waals surface area contributed by atoms with Crippen LogP contribution in [0.3, 0.4) is 0 Å². The third kappa shape index (κ3) is 3.88. The number of nitrogens with one attached hydrogen (secondary N) is 2. The first-order valence-electron chi connectivity index (χ1n) is 5.36. The van der Waals surface area contributed by atoms with E-state index in [1.807, 2.05) is 6.92 Å². The van der Waals surface area contributed by atoms with Crippen LogP contribution in [-0.2, 0) is 13.0 Å². The van der Waals surface area contributed by atoms with Crippen LogP contribution >= 0.6 is 12.2 Å². The molecule has 0 amide bonds. The first-order chi connectivity index (χ1) is 7.27. The number of rotatable bonds is 4. The van der Waals surface area contributed by atoms with Crippen LogP contribution in [-0.4, -0.2) is 11.7 Å². The summed E-state index contributed by atoms with van der Waals surface area (Å²) >= 11 is 5.11. The van der Waals surface area contributed by atoms with Gasteiger partial charge in [-0.1, -0.05) is 31.2 Å². The van der Waals surface area contributed by atoms with E-state index in [9.17, 15) is 0 Å². The Bertz CT molecular complexity index is 323. The minimum atomic E-state index is 0.725. The topological polar surface area (TPSA) is 24.1 Å². The van der Waals surface area contributed by atoms with Crippen molar-refractivity contribution in [3.8, 4) is 0 Å². The first-order valence-corrected chi connectivity index (χ1v) is 5.77. The molecule has 0 aromatic heterocycles. The van der Waals surface area contributed by atoms with Gasteiger partial charge in [0.2, 0.25) is 0 Å². The largest absolute Gasteiger partial charge is 0.363 e. The molecule has 2 N–H and O–H groups in total. The summed E-state index contributed by atoms with van der Waals surface area (Å²) in [7, 11) is 0. The molecule has 0 aliphatic rings. The third-order valence-electron chi connectivity index (χ3n) is 2.28. The van der Waals surface area contributed by atoms with E-state index >= 15 is 0 Å². The zero-order valence-corrected chi connectivity index (χ0v) is 10.2. The minimum Gasteiger partial charge on any atom is -0.363 e. The highest BCUT2D eigenvalue weighted by Crippen LogP contribution is 2.08. The van der Waals surface area contributed by atoms with Crippen LogP contribution < -0.4 is 10.6 Å². The van der Waals surface area contributed by atoms with Crippen LogP contribution in [0.15, 0.2) is 24.3 Å². The van der Waals surface area contributed by atoms with Gasteiger partial charge < -0.3 is 10.6 Å². The molecule has 15 heavy (non-hydrogen) atoms. The number of benzene rings is 1. The summed E-state index contributed by atoms with van der Waals surface area (Å²) in [5, 5.41) is 6.99. The van der Waals surface area contributed by atoms with Gasteiger partial charge in [-0.15, -0.1) is 0 Å². The van der Waals surface area contributed by atoms with Crippen LogP contribution in [0.1, 0.15) is 25.0 Å². The zero-order valence-electron chi connectivity index (χ0n) is 9.34. The molecule has 0 saturated carbocycles. The molecule has 0 saturated heterocycles. The standard InChI is InChI=1S/C12H18N2S/c1-3-10-7-5-6-8-11(10)9-14-12(15)13-4-2/h5-8H,3-4,9H2,1-2H3,(H2,13,14,15). The number of hydrogen-bond donors (Lipinski definition) is 2. The third-order valence-corrected chi connectivity index (χ3v) is 2.56. The summed E-state index contributed by atoms with van der Waals surface area (Å²) in [5.74, 6) is 0. The maximum absolute atomic E-state index is 5.11. The SMILES string of the molecule is CCNC(=S)NCc1ccccc1CC. The average Bonchev–Trinajstić information content (AvgIpc) is 2.27. The highest BCUT2D eigenvalue weighted by molar-refractivity contribution is 7.80. The van der Waals surface area contributed by atoms with Gasteiger partial charge in [-0.2, -0.15) is 0 Å². The molecule has 0 spiro atoms. The molecule has 1 aromatic rings. The first kappa shape index (κ1) is 12.0. The minimum absolute atomic E-state index is 0.725. The van der Waals surface area contributed by atoms with Gasteiger partial charge >= 0.3 is 0 Å². The Morgan fingerprint density at radius 2 is 1.80 bits per heavy atom. The van der Waals surface area contributed by atoms with Crippen molar-refractivity contribution in [2.75, 3.05) is 6.54 Å². The van der Waals surface area contributed by atoms with E-state index in [0.717, 1.165) is 24.6 Å². The van der Waals surface area contributed by atoms with Crippen molar-refractivity contribution < 1.29 is 0 Å². The van der Waals surface area contributed by atoms with Crippen molar-refractivity contribution in [2.45, 2.75) is 26.8 Å². The Morgan fingerprint density at radius 1 is 1.13 bits per heavy atom. The van der Waals surface area contributed by atoms with Crippen molar-refractivity contribution in [1.29, 1.82) is 0 Å². The lowest BCUT2D eigenvalue weighted by molar-refractivity contribution is 0.844. The van der Waals surface area contributed by atoms with E-state index in [0.29, 0.717) is 0 Å². The number of aryl methyl sites for hydroxylation is 1. The fourth-order valence-electron chi connectivity index (χ4n) is 1.47. The summed E-state index contributed by atoms with van der Waals surface area (Å²) in [4.78, 5) is 0. The predicted octanol–water partition coefficient (Wildman–Crippen LogP) is 2.23. The molecule has 0 atom stereocenters. The predicted molar refractivity (Wildman–Crippen MR) is 68.9 cm³/mol. The lowest BCUT2D eigenvalue weighted by Gasteiger charge is -2.11. The zero-order chi connectivity index (χ0) is 11.1. The van der Waals surface area contributed by atoms with Crippen molar-refractivity contribution in [2.24, 2.45) is 0 Å². The molecule has 0 fully saturated rings. The molecule has 0 radical (unpaired) electrons. The molecule has 0 aliphatic heterocycles. The van der Waals surface area contributed by atoms with Gasteiger partial charge in [0.25, 0.3) is 0 Å². The van der Waals surface area contributed by atoms with Gasteiger partial charge in [0, 0.05) is 13.1 Å². The van der Waals surface area contributed by atoms with E-state index in [2.05, 4.69) is 41.8 Å². The number of hydrogen-bond acceptors (Lipinski definition) is 1. The van der Waals surface area contributed by atoms with Crippen LogP contribution in [0.2, 0.25) is 0 Å². The maximum atomic E-state index is 5.11. The molecule has 0 aliphatic carbocycles. The molecule has 82 valence electrons. The summed E-state index contributed by atoms with van der Waals surface area (Å²) in [6.07, 6.45) is 1.06. The lowest BCUT2D eigenvalue weighted by Crippen LogP contribution is -2.34. The molecular weight excluding hydrogens is 204 g/mol. The summed E-state index contributed by atoms with van der Waals surface area (Å²) in [5.41, 5.74) is 2.70. The molecule has 0 unspecified atom stereocenters. The Hall–Kier alpha value is -1.09. The van der Waals surface area contributed by atoms with E-state index in [1.54, 1.807) is 0 Å². The van der Waals surface area contributed by atoms with Gasteiger partial charge in [-0.05, 0) is 36.7 Å².